The summed E-state index contributed by atoms with van der Waals surface area (Å²) in [5.74, 6) is 0.0324. The number of carbonyl (C=O) groups excluding carboxylic acids is 1. The van der Waals surface area contributed by atoms with Gasteiger partial charge in [-0.15, -0.1) is 0 Å². The smallest absolute Gasteiger partial charge is 0.341 e. The molecule has 3 aromatic rings. The van der Waals surface area contributed by atoms with Crippen molar-refractivity contribution < 1.29 is 19.4 Å². The van der Waals surface area contributed by atoms with Crippen molar-refractivity contribution in [2.45, 2.75) is 43.9 Å². The molecule has 1 atom stereocenters. The van der Waals surface area contributed by atoms with E-state index in [1.54, 1.807) is 0 Å². The topological polar surface area (TPSA) is 75.6 Å². The van der Waals surface area contributed by atoms with Gasteiger partial charge in [-0.25, -0.2) is 4.79 Å². The maximum Gasteiger partial charge on any atom is 0.341 e. The fourth-order valence-corrected chi connectivity index (χ4v) is 4.95. The van der Waals surface area contributed by atoms with E-state index in [4.69, 9.17) is 9.84 Å². The average molecular weight is 458 g/mol. The van der Waals surface area contributed by atoms with Crippen LogP contribution in [-0.4, -0.2) is 30.1 Å². The van der Waals surface area contributed by atoms with E-state index in [0.29, 0.717) is 18.7 Å². The van der Waals surface area contributed by atoms with Crippen LogP contribution in [0, 0.1) is 0 Å². The van der Waals surface area contributed by atoms with Crippen LogP contribution in [0.2, 0.25) is 0 Å². The van der Waals surface area contributed by atoms with Gasteiger partial charge < -0.3 is 15.2 Å². The maximum atomic E-state index is 12.9. The molecule has 5 nitrogen and oxygen atoms in total. The molecule has 1 unspecified atom stereocenters. The lowest BCUT2D eigenvalue weighted by molar-refractivity contribution is -0.139. The van der Waals surface area contributed by atoms with Gasteiger partial charge in [0.15, 0.2) is 6.61 Å². The summed E-state index contributed by atoms with van der Waals surface area (Å²) in [5.41, 5.74) is 4.65. The quantitative estimate of drug-likeness (QED) is 0.433. The van der Waals surface area contributed by atoms with E-state index < -0.39 is 5.97 Å². The van der Waals surface area contributed by atoms with Gasteiger partial charge in [0.25, 0.3) is 0 Å². The van der Waals surface area contributed by atoms with Crippen molar-refractivity contribution in [1.29, 1.82) is 0 Å². The molecule has 34 heavy (non-hydrogen) atoms. The van der Waals surface area contributed by atoms with Crippen LogP contribution in [0.1, 0.15) is 59.8 Å². The van der Waals surface area contributed by atoms with E-state index in [9.17, 15) is 9.59 Å². The highest BCUT2D eigenvalue weighted by Gasteiger charge is 2.25. The number of hydrogen-bond donors (Lipinski definition) is 2. The summed E-state index contributed by atoms with van der Waals surface area (Å²) < 4.78 is 5.49. The van der Waals surface area contributed by atoms with Gasteiger partial charge in [0.05, 0.1) is 0 Å². The molecule has 4 rings (SSSR count). The molecular weight excluding hydrogens is 426 g/mol. The fraction of sp³-hybridized carbons (Fsp3) is 0.310. The highest BCUT2D eigenvalue weighted by Crippen LogP contribution is 2.38. The van der Waals surface area contributed by atoms with Crippen LogP contribution in [-0.2, 0) is 16.0 Å². The molecule has 0 radical (unpaired) electrons. The third kappa shape index (κ3) is 6.04. The Morgan fingerprint density at radius 3 is 2.26 bits per heavy atom. The predicted molar refractivity (Wildman–Crippen MR) is 132 cm³/mol. The molecule has 1 aliphatic rings. The van der Waals surface area contributed by atoms with Crippen LogP contribution < -0.4 is 10.1 Å². The Labute approximate surface area is 200 Å². The number of ether oxygens (including phenoxy) is 1. The fourth-order valence-electron chi connectivity index (χ4n) is 4.95. The summed E-state index contributed by atoms with van der Waals surface area (Å²) in [7, 11) is 0. The van der Waals surface area contributed by atoms with Crippen molar-refractivity contribution in [2.75, 3.05) is 13.2 Å². The average Bonchev–Trinajstić information content (AvgIpc) is 2.86. The summed E-state index contributed by atoms with van der Waals surface area (Å²) in [6.07, 6.45) is 4.01. The predicted octanol–water partition coefficient (Wildman–Crippen LogP) is 5.30. The second-order valence-corrected chi connectivity index (χ2v) is 8.81. The molecule has 0 saturated carbocycles. The molecule has 0 aliphatic heterocycles. The lowest BCUT2D eigenvalue weighted by Gasteiger charge is -2.27. The number of amides is 1. The summed E-state index contributed by atoms with van der Waals surface area (Å²) in [6, 6.07) is 26.6. The molecule has 0 heterocycles. The van der Waals surface area contributed by atoms with E-state index in [0.717, 1.165) is 36.8 Å². The monoisotopic (exact) mass is 457 g/mol. The minimum atomic E-state index is -0.992. The molecule has 2 N–H and O–H groups in total. The highest BCUT2D eigenvalue weighted by molar-refractivity contribution is 5.77. The number of carbonyl (C=O) groups is 2. The van der Waals surface area contributed by atoms with Crippen molar-refractivity contribution in [3.63, 3.8) is 0 Å². The van der Waals surface area contributed by atoms with Crippen LogP contribution in [0.4, 0.5) is 0 Å². The highest BCUT2D eigenvalue weighted by atomic mass is 16.5. The first-order valence-corrected chi connectivity index (χ1v) is 11.9. The number of rotatable bonds is 10. The minimum absolute atomic E-state index is 0.0505. The maximum absolute atomic E-state index is 12.9. The van der Waals surface area contributed by atoms with Gasteiger partial charge in [0, 0.05) is 18.9 Å². The molecular formula is C29H31NO4. The number of fused-ring (bicyclic) bond motifs is 1. The zero-order valence-electron chi connectivity index (χ0n) is 19.3. The largest absolute Gasteiger partial charge is 0.482 e. The van der Waals surface area contributed by atoms with Crippen LogP contribution in [0.3, 0.4) is 0 Å². The Bertz CT molecular complexity index is 1060. The third-order valence-electron chi connectivity index (χ3n) is 6.53. The van der Waals surface area contributed by atoms with Crippen LogP contribution in [0.15, 0.2) is 78.9 Å². The van der Waals surface area contributed by atoms with Gasteiger partial charge in [-0.1, -0.05) is 72.8 Å². The molecule has 1 amide bonds. The Morgan fingerprint density at radius 2 is 1.62 bits per heavy atom. The second kappa shape index (κ2) is 11.5. The Hall–Kier alpha value is -3.60. The zero-order chi connectivity index (χ0) is 23.8. The Morgan fingerprint density at radius 1 is 0.941 bits per heavy atom. The molecule has 1 aliphatic carbocycles. The number of carboxylic acids is 1. The van der Waals surface area contributed by atoms with E-state index >= 15 is 0 Å². The van der Waals surface area contributed by atoms with Gasteiger partial charge in [0.2, 0.25) is 5.91 Å². The van der Waals surface area contributed by atoms with Gasteiger partial charge in [-0.05, 0) is 59.9 Å². The standard InChI is InChI=1S/C29H31NO4/c31-28(19-23-13-7-15-26-25(23)14-8-16-27(26)34-20-29(32)33)30-18-17-24(21-9-3-1-4-10-21)22-11-5-2-6-12-22/h1-6,8-12,14,16,23-24H,7,13,15,17-20H2,(H,30,31)(H,32,33). The molecule has 5 heteroatoms. The van der Waals surface area contributed by atoms with Crippen molar-refractivity contribution >= 4 is 11.9 Å². The Balaban J connectivity index is 1.37. The van der Waals surface area contributed by atoms with Crippen molar-refractivity contribution in [3.05, 3.63) is 101 Å². The number of aliphatic carboxylic acids is 1. The van der Waals surface area contributed by atoms with Crippen molar-refractivity contribution in [3.8, 4) is 5.75 Å². The van der Waals surface area contributed by atoms with Crippen molar-refractivity contribution in [2.24, 2.45) is 0 Å². The first kappa shape index (κ1) is 23.6. The summed E-state index contributed by atoms with van der Waals surface area (Å²) in [5, 5.41) is 12.1. The molecule has 3 aromatic carbocycles. The molecule has 176 valence electrons. The third-order valence-corrected chi connectivity index (χ3v) is 6.53. The van der Waals surface area contributed by atoms with Crippen LogP contribution >= 0.6 is 0 Å². The summed E-state index contributed by atoms with van der Waals surface area (Å²) in [6.45, 7) is 0.250. The van der Waals surface area contributed by atoms with Crippen LogP contribution in [0.25, 0.3) is 0 Å². The first-order valence-electron chi connectivity index (χ1n) is 11.9. The summed E-state index contributed by atoms with van der Waals surface area (Å²) >= 11 is 0. The van der Waals surface area contributed by atoms with Gasteiger partial charge in [-0.3, -0.25) is 4.79 Å². The van der Waals surface area contributed by atoms with Gasteiger partial charge >= 0.3 is 5.97 Å². The minimum Gasteiger partial charge on any atom is -0.482 e. The lowest BCUT2D eigenvalue weighted by atomic mass is 9.80. The number of benzene rings is 3. The molecule has 0 saturated heterocycles. The number of hydrogen-bond acceptors (Lipinski definition) is 3. The summed E-state index contributed by atoms with van der Waals surface area (Å²) in [4.78, 5) is 23.8. The molecule has 0 fully saturated rings. The van der Waals surface area contributed by atoms with Crippen molar-refractivity contribution in [1.82, 2.24) is 5.32 Å². The molecule has 0 aromatic heterocycles. The SMILES string of the molecule is O=C(O)COc1cccc2c1CCCC2CC(=O)NCCC(c1ccccc1)c1ccccc1. The number of carboxylic acid groups (broad SMARTS) is 1. The molecule has 0 bridgehead atoms. The second-order valence-electron chi connectivity index (χ2n) is 8.81. The van der Waals surface area contributed by atoms with Gasteiger partial charge in [-0.2, -0.15) is 0 Å². The van der Waals surface area contributed by atoms with Gasteiger partial charge in [0.1, 0.15) is 5.75 Å². The van der Waals surface area contributed by atoms with E-state index in [1.807, 2.05) is 30.3 Å². The molecule has 0 spiro atoms. The van der Waals surface area contributed by atoms with E-state index in [1.165, 1.54) is 11.1 Å². The first-order chi connectivity index (χ1) is 16.6. The lowest BCUT2D eigenvalue weighted by Crippen LogP contribution is -2.28. The number of nitrogens with one attached hydrogen (secondary N) is 1. The normalized spacial score (nSPS) is 14.9. The Kier molecular flexibility index (Phi) is 7.97. The van der Waals surface area contributed by atoms with Crippen LogP contribution in [0.5, 0.6) is 5.75 Å². The zero-order valence-corrected chi connectivity index (χ0v) is 19.3. The van der Waals surface area contributed by atoms with E-state index in [2.05, 4.69) is 53.8 Å². The van der Waals surface area contributed by atoms with E-state index in [-0.39, 0.29) is 24.3 Å².